The van der Waals surface area contributed by atoms with Crippen LogP contribution in [0.2, 0.25) is 0 Å². The molecule has 4 rings (SSSR count). The van der Waals surface area contributed by atoms with Crippen LogP contribution in [0.1, 0.15) is 17.5 Å². The van der Waals surface area contributed by atoms with Gasteiger partial charge in [0, 0.05) is 0 Å². The molecule has 0 aromatic heterocycles. The number of halogens is 3. The summed E-state index contributed by atoms with van der Waals surface area (Å²) in [6.07, 6.45) is -2.55. The number of rotatable bonds is 6. The number of hydrogen-bond donors (Lipinski definition) is 0. The minimum absolute atomic E-state index is 0.0191. The van der Waals surface area contributed by atoms with Crippen LogP contribution in [0.25, 0.3) is 5.57 Å². The Kier molecular flexibility index (Phi) is 5.65. The van der Waals surface area contributed by atoms with Crippen molar-refractivity contribution in [2.75, 3.05) is 6.79 Å². The lowest BCUT2D eigenvalue weighted by atomic mass is 10.0. The fraction of sp³-hybridized carbons (Fsp3) is 0.167. The van der Waals surface area contributed by atoms with E-state index in [-0.39, 0.29) is 18.8 Å². The van der Waals surface area contributed by atoms with Crippen LogP contribution >= 0.6 is 0 Å². The topological polar surface area (TPSA) is 27.7 Å². The first kappa shape index (κ1) is 19.9. The first-order valence-corrected chi connectivity index (χ1v) is 9.48. The number of benzene rings is 3. The molecule has 0 radical (unpaired) electrons. The van der Waals surface area contributed by atoms with E-state index in [4.69, 9.17) is 14.2 Å². The lowest BCUT2D eigenvalue weighted by Gasteiger charge is -2.13. The molecule has 0 unspecified atom stereocenters. The molecule has 0 fully saturated rings. The van der Waals surface area contributed by atoms with Gasteiger partial charge in [0.1, 0.15) is 11.5 Å². The van der Waals surface area contributed by atoms with Gasteiger partial charge in [0.05, 0.1) is 5.57 Å². The van der Waals surface area contributed by atoms with E-state index in [0.717, 1.165) is 5.56 Å². The Morgan fingerprint density at radius 3 is 2.43 bits per heavy atom. The molecule has 154 valence electrons. The Morgan fingerprint density at radius 2 is 1.63 bits per heavy atom. The highest BCUT2D eigenvalue weighted by molar-refractivity contribution is 5.71. The molecule has 0 bridgehead atoms. The van der Waals surface area contributed by atoms with Crippen molar-refractivity contribution in [3.63, 3.8) is 0 Å². The minimum Gasteiger partial charge on any atom is -0.457 e. The molecule has 0 N–H and O–H groups in total. The van der Waals surface area contributed by atoms with Crippen LogP contribution in [0.3, 0.4) is 0 Å². The maximum Gasteiger partial charge on any atom is 0.416 e. The van der Waals surface area contributed by atoms with Gasteiger partial charge in [0.15, 0.2) is 11.5 Å². The van der Waals surface area contributed by atoms with E-state index in [2.05, 4.69) is 0 Å². The molecular formula is C24H19F3O3. The van der Waals surface area contributed by atoms with Gasteiger partial charge < -0.3 is 14.2 Å². The third-order valence-electron chi connectivity index (χ3n) is 4.65. The second-order valence-corrected chi connectivity index (χ2v) is 6.78. The average Bonchev–Trinajstić information content (AvgIpc) is 3.19. The maximum absolute atomic E-state index is 13.6. The SMILES string of the molecule is FC(F)(F)/C(=C/CCc1cccc(Oc2ccccc2)c1)c1ccc2c(c1)OCO2. The summed E-state index contributed by atoms with van der Waals surface area (Å²) in [5, 5.41) is 0. The van der Waals surface area contributed by atoms with E-state index in [1.807, 2.05) is 54.6 Å². The zero-order chi connectivity index (χ0) is 21.0. The van der Waals surface area contributed by atoms with Crippen LogP contribution in [0.4, 0.5) is 13.2 Å². The molecule has 1 aliphatic heterocycles. The molecule has 1 heterocycles. The maximum atomic E-state index is 13.6. The molecule has 0 saturated carbocycles. The summed E-state index contributed by atoms with van der Waals surface area (Å²) in [5.41, 5.74) is 0.275. The standard InChI is InChI=1S/C24H19F3O3/c25-24(26,27)21(18-12-13-22-23(15-18)29-16-28-22)11-5-7-17-6-4-10-20(14-17)30-19-8-2-1-3-9-19/h1-4,6,8-15H,5,7,16H2/b21-11+. The molecule has 0 saturated heterocycles. The van der Waals surface area contributed by atoms with Crippen molar-refractivity contribution in [2.24, 2.45) is 0 Å². The Balaban J connectivity index is 1.48. The van der Waals surface area contributed by atoms with Gasteiger partial charge in [-0.3, -0.25) is 0 Å². The Hall–Kier alpha value is -3.41. The summed E-state index contributed by atoms with van der Waals surface area (Å²) in [7, 11) is 0. The summed E-state index contributed by atoms with van der Waals surface area (Å²) in [5.74, 6) is 2.13. The molecule has 1 aliphatic rings. The van der Waals surface area contributed by atoms with Crippen molar-refractivity contribution < 1.29 is 27.4 Å². The number of alkyl halides is 3. The highest BCUT2D eigenvalue weighted by Gasteiger charge is 2.35. The fourth-order valence-electron chi connectivity index (χ4n) is 3.23. The van der Waals surface area contributed by atoms with Crippen LogP contribution in [-0.4, -0.2) is 13.0 Å². The fourth-order valence-corrected chi connectivity index (χ4v) is 3.23. The van der Waals surface area contributed by atoms with Crippen molar-refractivity contribution in [3.8, 4) is 23.0 Å². The van der Waals surface area contributed by atoms with Crippen molar-refractivity contribution in [1.29, 1.82) is 0 Å². The van der Waals surface area contributed by atoms with E-state index in [1.54, 1.807) is 0 Å². The predicted octanol–water partition coefficient (Wildman–Crippen LogP) is 6.79. The van der Waals surface area contributed by atoms with E-state index in [0.29, 0.717) is 29.4 Å². The van der Waals surface area contributed by atoms with Crippen molar-refractivity contribution in [1.82, 2.24) is 0 Å². The number of fused-ring (bicyclic) bond motifs is 1. The molecule has 0 atom stereocenters. The third-order valence-corrected chi connectivity index (χ3v) is 4.65. The second kappa shape index (κ2) is 8.53. The lowest BCUT2D eigenvalue weighted by molar-refractivity contribution is -0.0690. The largest absolute Gasteiger partial charge is 0.457 e. The van der Waals surface area contributed by atoms with E-state index >= 15 is 0 Å². The zero-order valence-corrected chi connectivity index (χ0v) is 16.0. The summed E-state index contributed by atoms with van der Waals surface area (Å²) in [6, 6.07) is 21.0. The van der Waals surface area contributed by atoms with Crippen LogP contribution in [0.15, 0.2) is 78.9 Å². The number of ether oxygens (including phenoxy) is 3. The van der Waals surface area contributed by atoms with E-state index in [9.17, 15) is 13.2 Å². The smallest absolute Gasteiger partial charge is 0.416 e. The van der Waals surface area contributed by atoms with Crippen molar-refractivity contribution >= 4 is 5.57 Å². The molecule has 0 aliphatic carbocycles. The molecule has 0 spiro atoms. The molecule has 3 aromatic rings. The van der Waals surface area contributed by atoms with Gasteiger partial charge in [-0.1, -0.05) is 42.5 Å². The van der Waals surface area contributed by atoms with Crippen LogP contribution < -0.4 is 14.2 Å². The van der Waals surface area contributed by atoms with Crippen LogP contribution in [0.5, 0.6) is 23.0 Å². The van der Waals surface area contributed by atoms with Gasteiger partial charge in [-0.05, 0) is 60.4 Å². The van der Waals surface area contributed by atoms with Gasteiger partial charge in [-0.25, -0.2) is 0 Å². The summed E-state index contributed by atoms with van der Waals surface area (Å²) in [4.78, 5) is 0. The molecular weight excluding hydrogens is 393 g/mol. The molecule has 0 amide bonds. The molecule has 3 aromatic carbocycles. The minimum atomic E-state index is -4.47. The Morgan fingerprint density at radius 1 is 0.867 bits per heavy atom. The number of aryl methyl sites for hydroxylation is 1. The van der Waals surface area contributed by atoms with Gasteiger partial charge in [-0.2, -0.15) is 13.2 Å². The molecule has 30 heavy (non-hydrogen) atoms. The zero-order valence-electron chi connectivity index (χ0n) is 16.0. The highest BCUT2D eigenvalue weighted by atomic mass is 19.4. The number of hydrogen-bond acceptors (Lipinski definition) is 3. The normalized spacial score (nSPS) is 13.4. The van der Waals surface area contributed by atoms with E-state index in [1.165, 1.54) is 24.3 Å². The van der Waals surface area contributed by atoms with Crippen molar-refractivity contribution in [2.45, 2.75) is 19.0 Å². The van der Waals surface area contributed by atoms with E-state index < -0.39 is 11.7 Å². The lowest BCUT2D eigenvalue weighted by Crippen LogP contribution is -2.11. The molecule has 3 nitrogen and oxygen atoms in total. The number of para-hydroxylation sites is 1. The Bertz CT molecular complexity index is 1040. The quantitative estimate of drug-likeness (QED) is 0.446. The molecule has 6 heteroatoms. The summed E-state index contributed by atoms with van der Waals surface area (Å²) in [6.45, 7) is 0.0191. The number of allylic oxidation sites excluding steroid dienone is 2. The monoisotopic (exact) mass is 412 g/mol. The van der Waals surface area contributed by atoms with Gasteiger partial charge >= 0.3 is 6.18 Å². The van der Waals surface area contributed by atoms with Crippen LogP contribution in [-0.2, 0) is 6.42 Å². The third kappa shape index (κ3) is 4.76. The van der Waals surface area contributed by atoms with Crippen LogP contribution in [0, 0.1) is 0 Å². The predicted molar refractivity (Wildman–Crippen MR) is 108 cm³/mol. The van der Waals surface area contributed by atoms with Gasteiger partial charge in [0.2, 0.25) is 6.79 Å². The summed E-state index contributed by atoms with van der Waals surface area (Å²) >= 11 is 0. The summed E-state index contributed by atoms with van der Waals surface area (Å²) < 4.78 is 57.1. The highest BCUT2D eigenvalue weighted by Crippen LogP contribution is 2.40. The average molecular weight is 412 g/mol. The Labute approximate surface area is 172 Å². The first-order chi connectivity index (χ1) is 14.5. The van der Waals surface area contributed by atoms with Crippen molar-refractivity contribution in [3.05, 3.63) is 90.0 Å². The van der Waals surface area contributed by atoms with Gasteiger partial charge in [-0.15, -0.1) is 0 Å². The van der Waals surface area contributed by atoms with Gasteiger partial charge in [0.25, 0.3) is 0 Å². The first-order valence-electron chi connectivity index (χ1n) is 9.48. The second-order valence-electron chi connectivity index (χ2n) is 6.78.